The van der Waals surface area contributed by atoms with E-state index in [0.717, 1.165) is 35.7 Å². The van der Waals surface area contributed by atoms with Crippen LogP contribution >= 0.6 is 0 Å². The highest BCUT2D eigenvalue weighted by molar-refractivity contribution is 5.80. The van der Waals surface area contributed by atoms with Gasteiger partial charge in [-0.25, -0.2) is 0 Å². The van der Waals surface area contributed by atoms with Crippen molar-refractivity contribution in [2.45, 2.75) is 39.0 Å². The van der Waals surface area contributed by atoms with Crippen LogP contribution in [-0.4, -0.2) is 53.6 Å². The van der Waals surface area contributed by atoms with Gasteiger partial charge in [0.25, 0.3) is 5.91 Å². The first kappa shape index (κ1) is 23.8. The fourth-order valence-corrected chi connectivity index (χ4v) is 4.71. The molecule has 32 heavy (non-hydrogen) atoms. The second kappa shape index (κ2) is 10.2. The van der Waals surface area contributed by atoms with E-state index < -0.39 is 5.97 Å². The van der Waals surface area contributed by atoms with Gasteiger partial charge in [0.05, 0.1) is 5.92 Å². The zero-order valence-corrected chi connectivity index (χ0v) is 19.5. The number of aromatic hydroxyl groups is 1. The molecule has 0 radical (unpaired) electrons. The molecule has 6 heteroatoms. The molecule has 3 atom stereocenters. The number of amides is 1. The lowest BCUT2D eigenvalue weighted by Crippen LogP contribution is -2.50. The van der Waals surface area contributed by atoms with Crippen molar-refractivity contribution in [2.24, 2.45) is 11.8 Å². The molecule has 3 unspecified atom stereocenters. The number of hydroxylamine groups is 2. The average Bonchev–Trinajstić information content (AvgIpc) is 2.75. The molecule has 0 aliphatic carbocycles. The predicted octanol–water partition coefficient (Wildman–Crippen LogP) is 3.79. The van der Waals surface area contributed by atoms with Crippen molar-refractivity contribution < 1.29 is 19.5 Å². The molecule has 0 saturated carbocycles. The Labute approximate surface area is 190 Å². The minimum atomic E-state index is -0.507. The molecule has 0 spiro atoms. The third-order valence-electron chi connectivity index (χ3n) is 6.80. The van der Waals surface area contributed by atoms with Gasteiger partial charge in [-0.1, -0.05) is 56.3 Å². The maximum atomic E-state index is 13.1. The Balaban J connectivity index is 1.73. The van der Waals surface area contributed by atoms with Gasteiger partial charge in [0.2, 0.25) is 0 Å². The number of piperidine rings is 1. The van der Waals surface area contributed by atoms with Crippen LogP contribution in [0.25, 0.3) is 0 Å². The first-order valence-corrected chi connectivity index (χ1v) is 11.2. The second-order valence-electron chi connectivity index (χ2n) is 9.18. The molecule has 0 bridgehead atoms. The molecule has 0 aromatic heterocycles. The van der Waals surface area contributed by atoms with E-state index in [1.807, 2.05) is 42.5 Å². The normalized spacial score (nSPS) is 22.2. The topological polar surface area (TPSA) is 70.1 Å². The summed E-state index contributed by atoms with van der Waals surface area (Å²) in [5, 5.41) is 11.0. The number of nitrogens with zero attached hydrogens (tertiary/aromatic N) is 2. The zero-order chi connectivity index (χ0) is 23.3. The van der Waals surface area contributed by atoms with E-state index >= 15 is 0 Å². The Hall–Kier alpha value is -2.86. The lowest BCUT2D eigenvalue weighted by molar-refractivity contribution is -0.193. The average molecular weight is 439 g/mol. The molecule has 6 nitrogen and oxygen atoms in total. The van der Waals surface area contributed by atoms with Gasteiger partial charge in [-0.2, -0.15) is 5.06 Å². The van der Waals surface area contributed by atoms with Gasteiger partial charge in [0.1, 0.15) is 5.75 Å². The lowest BCUT2D eigenvalue weighted by atomic mass is 9.68. The number of benzene rings is 2. The van der Waals surface area contributed by atoms with Gasteiger partial charge < -0.3 is 14.8 Å². The van der Waals surface area contributed by atoms with Crippen molar-refractivity contribution in [3.63, 3.8) is 0 Å². The minimum Gasteiger partial charge on any atom is -0.508 e. The largest absolute Gasteiger partial charge is 0.508 e. The molecule has 1 amide bonds. The maximum absolute atomic E-state index is 13.1. The van der Waals surface area contributed by atoms with E-state index in [-0.39, 0.29) is 17.2 Å². The number of hydrogen-bond donors (Lipinski definition) is 1. The maximum Gasteiger partial charge on any atom is 0.329 e. The van der Waals surface area contributed by atoms with E-state index in [1.165, 1.54) is 14.0 Å². The van der Waals surface area contributed by atoms with Crippen LogP contribution in [0.2, 0.25) is 0 Å². The quantitative estimate of drug-likeness (QED) is 0.695. The molecule has 1 fully saturated rings. The van der Waals surface area contributed by atoms with Gasteiger partial charge in [0, 0.05) is 27.1 Å². The van der Waals surface area contributed by atoms with E-state index in [0.29, 0.717) is 24.6 Å². The number of phenolic OH excluding ortho intramolecular Hbond substituents is 1. The highest BCUT2D eigenvalue weighted by atomic mass is 16.7. The summed E-state index contributed by atoms with van der Waals surface area (Å²) < 4.78 is 0. The monoisotopic (exact) mass is 438 g/mol. The molecular weight excluding hydrogens is 404 g/mol. The smallest absolute Gasteiger partial charge is 0.329 e. The predicted molar refractivity (Wildman–Crippen MR) is 124 cm³/mol. The summed E-state index contributed by atoms with van der Waals surface area (Å²) >= 11 is 0. The van der Waals surface area contributed by atoms with Gasteiger partial charge >= 0.3 is 5.97 Å². The van der Waals surface area contributed by atoms with Crippen molar-refractivity contribution in [1.82, 2.24) is 9.96 Å². The minimum absolute atomic E-state index is 0.0390. The first-order valence-electron chi connectivity index (χ1n) is 11.2. The Morgan fingerprint density at radius 3 is 2.56 bits per heavy atom. The zero-order valence-electron chi connectivity index (χ0n) is 19.5. The molecule has 3 rings (SSSR count). The third-order valence-corrected chi connectivity index (χ3v) is 6.80. The third kappa shape index (κ3) is 5.68. The molecule has 1 N–H and O–H groups in total. The molecule has 1 heterocycles. The standard InChI is InChI=1S/C26H34N2O4/c1-19-17-28(14-13-26(19,3)23-11-8-12-24(30)16-23)18-22(15-21-9-6-5-7-10-21)25(31)27(4)32-20(2)29/h5-12,16,19,22,30H,13-15,17-18H2,1-4H3. The summed E-state index contributed by atoms with van der Waals surface area (Å²) in [4.78, 5) is 31.9. The fraction of sp³-hybridized carbons (Fsp3) is 0.462. The highest BCUT2D eigenvalue weighted by Gasteiger charge is 2.39. The summed E-state index contributed by atoms with van der Waals surface area (Å²) in [6, 6.07) is 17.5. The van der Waals surface area contributed by atoms with Crippen molar-refractivity contribution in [3.8, 4) is 5.75 Å². The van der Waals surface area contributed by atoms with Gasteiger partial charge in [0.15, 0.2) is 0 Å². The summed E-state index contributed by atoms with van der Waals surface area (Å²) in [7, 11) is 1.50. The molecule has 1 saturated heterocycles. The van der Waals surface area contributed by atoms with Crippen LogP contribution in [-0.2, 0) is 26.3 Å². The van der Waals surface area contributed by atoms with Crippen molar-refractivity contribution >= 4 is 11.9 Å². The number of carbonyl (C=O) groups is 2. The van der Waals surface area contributed by atoms with Crippen molar-refractivity contribution in [3.05, 3.63) is 65.7 Å². The van der Waals surface area contributed by atoms with Gasteiger partial charge in [-0.3, -0.25) is 9.59 Å². The van der Waals surface area contributed by atoms with Crippen LogP contribution in [0.15, 0.2) is 54.6 Å². The van der Waals surface area contributed by atoms with Crippen LogP contribution in [0, 0.1) is 11.8 Å². The first-order chi connectivity index (χ1) is 15.2. The van der Waals surface area contributed by atoms with Crippen LogP contribution in [0.5, 0.6) is 5.75 Å². The number of rotatable bonds is 6. The van der Waals surface area contributed by atoms with Gasteiger partial charge in [-0.15, -0.1) is 0 Å². The number of phenols is 1. The summed E-state index contributed by atoms with van der Waals surface area (Å²) in [5.74, 6) is -0.387. The molecule has 2 aromatic rings. The fourth-order valence-electron chi connectivity index (χ4n) is 4.71. The van der Waals surface area contributed by atoms with Crippen LogP contribution in [0.3, 0.4) is 0 Å². The van der Waals surface area contributed by atoms with Crippen molar-refractivity contribution in [2.75, 3.05) is 26.7 Å². The van der Waals surface area contributed by atoms with E-state index in [9.17, 15) is 14.7 Å². The summed E-state index contributed by atoms with van der Waals surface area (Å²) in [6.45, 7) is 8.08. The summed E-state index contributed by atoms with van der Waals surface area (Å²) in [5.41, 5.74) is 2.19. The second-order valence-corrected chi connectivity index (χ2v) is 9.18. The van der Waals surface area contributed by atoms with Gasteiger partial charge in [-0.05, 0) is 54.0 Å². The van der Waals surface area contributed by atoms with Crippen LogP contribution in [0.1, 0.15) is 38.3 Å². The Kier molecular flexibility index (Phi) is 7.56. The molecule has 1 aliphatic heterocycles. The molecule has 2 aromatic carbocycles. The van der Waals surface area contributed by atoms with E-state index in [1.54, 1.807) is 6.07 Å². The Morgan fingerprint density at radius 1 is 1.22 bits per heavy atom. The van der Waals surface area contributed by atoms with E-state index in [4.69, 9.17) is 4.84 Å². The lowest BCUT2D eigenvalue weighted by Gasteiger charge is -2.46. The SMILES string of the molecule is CC(=O)ON(C)C(=O)C(Cc1ccccc1)CN1CCC(C)(c2cccc(O)c2)C(C)C1. The van der Waals surface area contributed by atoms with E-state index in [2.05, 4.69) is 24.8 Å². The van der Waals surface area contributed by atoms with Crippen LogP contribution < -0.4 is 0 Å². The highest BCUT2D eigenvalue weighted by Crippen LogP contribution is 2.40. The number of likely N-dealkylation sites (tertiary alicyclic amines) is 1. The number of carbonyl (C=O) groups excluding carboxylic acids is 2. The molecule has 172 valence electrons. The molecule has 1 aliphatic rings. The Bertz CT molecular complexity index is 932. The molecular formula is C26H34N2O4. The Morgan fingerprint density at radius 2 is 1.94 bits per heavy atom. The summed E-state index contributed by atoms with van der Waals surface area (Å²) in [6.07, 6.45) is 1.52. The van der Waals surface area contributed by atoms with Crippen molar-refractivity contribution in [1.29, 1.82) is 0 Å². The number of hydrogen-bond acceptors (Lipinski definition) is 5. The van der Waals surface area contributed by atoms with Crippen LogP contribution in [0.4, 0.5) is 0 Å².